The predicted octanol–water partition coefficient (Wildman–Crippen LogP) is 13.3. The summed E-state index contributed by atoms with van der Waals surface area (Å²) in [4.78, 5) is 25.3. The third kappa shape index (κ3) is 43.1. The number of carbonyl (C=O) groups excluding carboxylic acids is 1. The third-order valence-corrected chi connectivity index (χ3v) is 12.2. The number of aliphatic hydroxyl groups is 1. The number of allylic oxidation sites excluding steroid dienone is 1. The van der Waals surface area contributed by atoms with Gasteiger partial charge in [-0.2, -0.15) is 0 Å². The number of aliphatic hydroxyl groups excluding tert-OH is 1. The molecule has 1 amide bonds. The van der Waals surface area contributed by atoms with Gasteiger partial charge in [-0.3, -0.25) is 9.36 Å². The van der Waals surface area contributed by atoms with E-state index in [2.05, 4.69) is 19.2 Å². The molecule has 2 N–H and O–H groups in total. The predicted molar refractivity (Wildman–Crippen MR) is 242 cm³/mol. The molecule has 0 fully saturated rings. The molecule has 0 aromatic heterocycles. The molecular weight excluding hydrogens is 732 g/mol. The minimum absolute atomic E-state index is 0.00221. The Labute approximate surface area is 354 Å². The van der Waals surface area contributed by atoms with E-state index in [9.17, 15) is 19.4 Å². The number of hydrogen-bond acceptors (Lipinski definition) is 6. The zero-order valence-electron chi connectivity index (χ0n) is 38.6. The van der Waals surface area contributed by atoms with Crippen LogP contribution >= 0.6 is 7.82 Å². The molecule has 340 valence electrons. The van der Waals surface area contributed by atoms with Gasteiger partial charge in [-0.1, -0.05) is 225 Å². The maximum Gasteiger partial charge on any atom is 0.268 e. The van der Waals surface area contributed by atoms with Crippen LogP contribution in [-0.4, -0.2) is 68.5 Å². The maximum absolute atomic E-state index is 12.9. The molecule has 9 heteroatoms. The fourth-order valence-electron chi connectivity index (χ4n) is 7.33. The first kappa shape index (κ1) is 56.2. The number of nitrogens with zero attached hydrogens (tertiary/aromatic N) is 1. The van der Waals surface area contributed by atoms with Crippen molar-refractivity contribution in [2.24, 2.45) is 0 Å². The van der Waals surface area contributed by atoms with Crippen molar-refractivity contribution in [3.8, 4) is 0 Å². The van der Waals surface area contributed by atoms with Crippen molar-refractivity contribution in [1.82, 2.24) is 5.32 Å². The van der Waals surface area contributed by atoms with E-state index in [1.807, 2.05) is 27.2 Å². The molecule has 0 saturated heterocycles. The number of unbranched alkanes of at least 4 members (excludes halogenated alkanes) is 32. The number of carbonyl (C=O) groups is 1. The molecule has 0 rings (SSSR count). The average Bonchev–Trinajstić information content (AvgIpc) is 3.16. The Balaban J connectivity index is 4.23. The third-order valence-electron chi connectivity index (χ3n) is 11.2. The second-order valence-electron chi connectivity index (χ2n) is 18.2. The van der Waals surface area contributed by atoms with E-state index < -0.39 is 20.0 Å². The molecule has 0 aromatic carbocycles. The molecule has 0 heterocycles. The fourth-order valence-corrected chi connectivity index (χ4v) is 8.05. The highest BCUT2D eigenvalue weighted by atomic mass is 31.2. The van der Waals surface area contributed by atoms with E-state index >= 15 is 0 Å². The Morgan fingerprint density at radius 1 is 0.596 bits per heavy atom. The zero-order chi connectivity index (χ0) is 42.1. The Kier molecular flexibility index (Phi) is 40.1. The minimum Gasteiger partial charge on any atom is -0.756 e. The molecule has 0 spiro atoms. The Morgan fingerprint density at radius 3 is 1.32 bits per heavy atom. The summed E-state index contributed by atoms with van der Waals surface area (Å²) in [5.74, 6) is -0.193. The normalized spacial score (nSPS) is 14.3. The van der Waals surface area contributed by atoms with Gasteiger partial charge in [0.05, 0.1) is 39.9 Å². The van der Waals surface area contributed by atoms with E-state index in [1.165, 1.54) is 180 Å². The molecule has 8 nitrogen and oxygen atoms in total. The van der Waals surface area contributed by atoms with Crippen LogP contribution in [0.3, 0.4) is 0 Å². The van der Waals surface area contributed by atoms with E-state index in [-0.39, 0.29) is 19.1 Å². The fraction of sp³-hybridized carbons (Fsp3) is 0.938. The summed E-state index contributed by atoms with van der Waals surface area (Å²) in [6.45, 7) is 4.67. The molecular formula is C48H97N2O6P. The van der Waals surface area contributed by atoms with E-state index in [0.717, 1.165) is 38.5 Å². The lowest BCUT2D eigenvalue weighted by molar-refractivity contribution is -0.870. The Hall–Kier alpha value is -0.760. The van der Waals surface area contributed by atoms with Crippen LogP contribution in [0.25, 0.3) is 0 Å². The van der Waals surface area contributed by atoms with Crippen molar-refractivity contribution in [2.75, 3.05) is 40.9 Å². The summed E-state index contributed by atoms with van der Waals surface area (Å²) < 4.78 is 23.2. The Bertz CT molecular complexity index is 942. The van der Waals surface area contributed by atoms with Crippen LogP contribution in [-0.2, 0) is 18.4 Å². The molecule has 0 aliphatic heterocycles. The molecule has 0 radical (unpaired) electrons. The van der Waals surface area contributed by atoms with Gasteiger partial charge in [0.1, 0.15) is 13.2 Å². The van der Waals surface area contributed by atoms with E-state index in [0.29, 0.717) is 17.4 Å². The highest BCUT2D eigenvalue weighted by Crippen LogP contribution is 2.38. The van der Waals surface area contributed by atoms with Crippen molar-refractivity contribution in [3.63, 3.8) is 0 Å². The van der Waals surface area contributed by atoms with Crippen LogP contribution in [0.4, 0.5) is 0 Å². The number of hydrogen-bond donors (Lipinski definition) is 2. The summed E-state index contributed by atoms with van der Waals surface area (Å²) >= 11 is 0. The molecule has 0 saturated carbocycles. The number of likely N-dealkylation sites (N-methyl/N-ethyl adjacent to an activating group) is 1. The highest BCUT2D eigenvalue weighted by molar-refractivity contribution is 7.45. The molecule has 57 heavy (non-hydrogen) atoms. The summed E-state index contributed by atoms with van der Waals surface area (Å²) in [5, 5.41) is 13.8. The lowest BCUT2D eigenvalue weighted by atomic mass is 10.0. The van der Waals surface area contributed by atoms with Gasteiger partial charge in [0.25, 0.3) is 7.82 Å². The van der Waals surface area contributed by atoms with Crippen molar-refractivity contribution in [2.45, 2.75) is 251 Å². The van der Waals surface area contributed by atoms with Crippen LogP contribution in [0, 0.1) is 0 Å². The zero-order valence-corrected chi connectivity index (χ0v) is 39.5. The van der Waals surface area contributed by atoms with Crippen LogP contribution < -0.4 is 10.2 Å². The van der Waals surface area contributed by atoms with Crippen molar-refractivity contribution in [3.05, 3.63) is 12.2 Å². The van der Waals surface area contributed by atoms with Crippen LogP contribution in [0.5, 0.6) is 0 Å². The summed E-state index contributed by atoms with van der Waals surface area (Å²) in [6.07, 6.45) is 46.9. The molecule has 3 atom stereocenters. The summed E-state index contributed by atoms with van der Waals surface area (Å²) in [5.41, 5.74) is 0. The summed E-state index contributed by atoms with van der Waals surface area (Å²) in [6, 6.07) is -0.880. The maximum atomic E-state index is 12.9. The second kappa shape index (κ2) is 40.6. The van der Waals surface area contributed by atoms with Crippen LogP contribution in [0.1, 0.15) is 239 Å². The van der Waals surface area contributed by atoms with Gasteiger partial charge < -0.3 is 28.8 Å². The smallest absolute Gasteiger partial charge is 0.268 e. The lowest BCUT2D eigenvalue weighted by Crippen LogP contribution is -2.45. The average molecular weight is 829 g/mol. The molecule has 0 aromatic rings. The standard InChI is InChI=1S/C48H97N2O6P/c1-6-8-10-12-14-16-18-20-21-22-23-24-25-26-27-28-30-32-34-36-38-40-42-48(52)49-46(45-56-57(53,54)55-44-43-50(3,4)5)47(51)41-39-37-35-33-31-29-19-17-15-13-11-9-7-2/h39,41,46-47,51H,6-38,40,42-45H2,1-5H3,(H-,49,52,53,54)/b41-39+/t46-,47+/m0/s1. The van der Waals surface area contributed by atoms with Gasteiger partial charge in [0, 0.05) is 6.42 Å². The number of amides is 1. The number of quaternary nitrogens is 1. The van der Waals surface area contributed by atoms with Crippen molar-refractivity contribution >= 4 is 13.7 Å². The molecule has 1 unspecified atom stereocenters. The van der Waals surface area contributed by atoms with E-state index in [4.69, 9.17) is 9.05 Å². The quantitative estimate of drug-likeness (QED) is 0.0274. The van der Waals surface area contributed by atoms with Gasteiger partial charge >= 0.3 is 0 Å². The first-order valence-electron chi connectivity index (χ1n) is 24.6. The lowest BCUT2D eigenvalue weighted by Gasteiger charge is -2.29. The van der Waals surface area contributed by atoms with Gasteiger partial charge in [-0.15, -0.1) is 0 Å². The Morgan fingerprint density at radius 2 is 0.947 bits per heavy atom. The molecule has 0 bridgehead atoms. The SMILES string of the molecule is CCCCCCCCCCCCC/C=C/[C@@H](O)[C@H](COP(=O)([O-])OCC[N+](C)(C)C)NC(=O)CCCCCCCCCCCCCCCCCCCCCCCC. The van der Waals surface area contributed by atoms with Gasteiger partial charge in [-0.25, -0.2) is 0 Å². The monoisotopic (exact) mass is 829 g/mol. The molecule has 0 aliphatic rings. The number of phosphoric acid groups is 1. The number of phosphoric ester groups is 1. The van der Waals surface area contributed by atoms with E-state index in [1.54, 1.807) is 6.08 Å². The van der Waals surface area contributed by atoms with Gasteiger partial charge in [0.2, 0.25) is 5.91 Å². The van der Waals surface area contributed by atoms with Crippen molar-refractivity contribution in [1.29, 1.82) is 0 Å². The largest absolute Gasteiger partial charge is 0.756 e. The first-order chi connectivity index (χ1) is 27.5. The number of rotatable bonds is 45. The molecule has 0 aliphatic carbocycles. The highest BCUT2D eigenvalue weighted by Gasteiger charge is 2.23. The van der Waals surface area contributed by atoms with Crippen LogP contribution in [0.2, 0.25) is 0 Å². The van der Waals surface area contributed by atoms with Gasteiger partial charge in [0.15, 0.2) is 0 Å². The van der Waals surface area contributed by atoms with Crippen molar-refractivity contribution < 1.29 is 32.9 Å². The first-order valence-corrected chi connectivity index (χ1v) is 26.0. The number of nitrogens with one attached hydrogen (secondary N) is 1. The minimum atomic E-state index is -4.58. The topological polar surface area (TPSA) is 108 Å². The van der Waals surface area contributed by atoms with Gasteiger partial charge in [-0.05, 0) is 19.3 Å². The van der Waals surface area contributed by atoms with Crippen LogP contribution in [0.15, 0.2) is 12.2 Å². The summed E-state index contributed by atoms with van der Waals surface area (Å²) in [7, 11) is 1.27. The second-order valence-corrected chi connectivity index (χ2v) is 19.6.